The van der Waals surface area contributed by atoms with Gasteiger partial charge in [-0.05, 0) is 0 Å². The van der Waals surface area contributed by atoms with E-state index < -0.39 is 5.91 Å². The zero-order valence-electron chi connectivity index (χ0n) is 6.71. The van der Waals surface area contributed by atoms with Crippen LogP contribution in [0.15, 0.2) is 18.6 Å². The molecule has 0 atom stereocenters. The maximum atomic E-state index is 10.6. The summed E-state index contributed by atoms with van der Waals surface area (Å²) >= 11 is 0. The first kappa shape index (κ1) is 7.66. The lowest BCUT2D eigenvalue weighted by molar-refractivity contribution is -0.117. The SMILES string of the molecule is NC(=O)Cc1nnc2cnccn12. The van der Waals surface area contributed by atoms with Crippen LogP contribution in [0, 0.1) is 0 Å². The molecule has 6 nitrogen and oxygen atoms in total. The quantitative estimate of drug-likeness (QED) is 0.647. The van der Waals surface area contributed by atoms with Crippen LogP contribution in [0.25, 0.3) is 5.65 Å². The molecule has 2 N–H and O–H groups in total. The molecule has 0 radical (unpaired) electrons. The van der Waals surface area contributed by atoms with Crippen LogP contribution < -0.4 is 5.73 Å². The van der Waals surface area contributed by atoms with Crippen molar-refractivity contribution >= 4 is 11.6 Å². The molecule has 13 heavy (non-hydrogen) atoms. The number of aromatic nitrogens is 4. The predicted molar refractivity (Wildman–Crippen MR) is 43.7 cm³/mol. The summed E-state index contributed by atoms with van der Waals surface area (Å²) in [5.41, 5.74) is 5.65. The predicted octanol–water partition coefficient (Wildman–Crippen LogP) is -0.848. The van der Waals surface area contributed by atoms with E-state index in [2.05, 4.69) is 15.2 Å². The molecule has 0 unspecified atom stereocenters. The Hall–Kier alpha value is -1.98. The van der Waals surface area contributed by atoms with Gasteiger partial charge < -0.3 is 5.73 Å². The number of rotatable bonds is 2. The summed E-state index contributed by atoms with van der Waals surface area (Å²) in [6, 6.07) is 0. The van der Waals surface area contributed by atoms with Crippen LogP contribution in [-0.4, -0.2) is 25.5 Å². The highest BCUT2D eigenvalue weighted by molar-refractivity contribution is 5.75. The Morgan fingerprint density at radius 1 is 1.54 bits per heavy atom. The van der Waals surface area contributed by atoms with E-state index in [0.29, 0.717) is 11.5 Å². The molecule has 0 aromatic carbocycles. The smallest absolute Gasteiger partial charge is 0.225 e. The molecule has 6 heteroatoms. The van der Waals surface area contributed by atoms with Crippen molar-refractivity contribution in [3.8, 4) is 0 Å². The fraction of sp³-hybridized carbons (Fsp3) is 0.143. The van der Waals surface area contributed by atoms with E-state index in [0.717, 1.165) is 0 Å². The third-order valence-electron chi connectivity index (χ3n) is 1.62. The number of primary amides is 1. The van der Waals surface area contributed by atoms with E-state index in [1.807, 2.05) is 0 Å². The summed E-state index contributed by atoms with van der Waals surface area (Å²) < 4.78 is 1.68. The van der Waals surface area contributed by atoms with Crippen molar-refractivity contribution in [3.05, 3.63) is 24.4 Å². The second-order valence-corrected chi connectivity index (χ2v) is 2.56. The van der Waals surface area contributed by atoms with Crippen LogP contribution in [0.1, 0.15) is 5.82 Å². The Morgan fingerprint density at radius 2 is 2.38 bits per heavy atom. The molecule has 0 fully saturated rings. The molecule has 0 aliphatic rings. The van der Waals surface area contributed by atoms with Crippen molar-refractivity contribution in [3.63, 3.8) is 0 Å². The molecular formula is C7H7N5O. The zero-order valence-corrected chi connectivity index (χ0v) is 6.71. The molecule has 0 aliphatic carbocycles. The molecule has 0 aliphatic heterocycles. The Morgan fingerprint density at radius 3 is 3.15 bits per heavy atom. The van der Waals surface area contributed by atoms with Crippen LogP contribution in [0.3, 0.4) is 0 Å². The molecule has 2 heterocycles. The van der Waals surface area contributed by atoms with Gasteiger partial charge >= 0.3 is 0 Å². The number of carbonyl (C=O) groups is 1. The average Bonchev–Trinajstić information content (AvgIpc) is 2.48. The van der Waals surface area contributed by atoms with E-state index in [9.17, 15) is 4.79 Å². The van der Waals surface area contributed by atoms with Crippen molar-refractivity contribution in [2.75, 3.05) is 0 Å². The fourth-order valence-electron chi connectivity index (χ4n) is 1.08. The van der Waals surface area contributed by atoms with Gasteiger partial charge in [-0.3, -0.25) is 14.2 Å². The lowest BCUT2D eigenvalue weighted by atomic mass is 10.4. The van der Waals surface area contributed by atoms with Gasteiger partial charge in [0.15, 0.2) is 5.65 Å². The number of nitrogens with two attached hydrogens (primary N) is 1. The van der Waals surface area contributed by atoms with E-state index >= 15 is 0 Å². The first-order valence-electron chi connectivity index (χ1n) is 3.69. The van der Waals surface area contributed by atoms with Gasteiger partial charge in [0.2, 0.25) is 5.91 Å². The van der Waals surface area contributed by atoms with Crippen molar-refractivity contribution < 1.29 is 4.79 Å². The standard InChI is InChI=1S/C7H7N5O/c8-5(13)3-6-10-11-7-4-9-1-2-12(6)7/h1-2,4H,3H2,(H2,8,13). The van der Waals surface area contributed by atoms with Gasteiger partial charge in [0.1, 0.15) is 5.82 Å². The maximum Gasteiger partial charge on any atom is 0.225 e. The molecule has 2 rings (SSSR count). The number of nitrogens with zero attached hydrogens (tertiary/aromatic N) is 4. The van der Waals surface area contributed by atoms with E-state index in [1.165, 1.54) is 0 Å². The highest BCUT2D eigenvalue weighted by atomic mass is 16.1. The highest BCUT2D eigenvalue weighted by Gasteiger charge is 2.06. The van der Waals surface area contributed by atoms with Gasteiger partial charge in [-0.25, -0.2) is 0 Å². The fourth-order valence-corrected chi connectivity index (χ4v) is 1.08. The monoisotopic (exact) mass is 177 g/mol. The van der Waals surface area contributed by atoms with Gasteiger partial charge in [0.25, 0.3) is 0 Å². The third kappa shape index (κ3) is 1.33. The van der Waals surface area contributed by atoms with Crippen LogP contribution in [-0.2, 0) is 11.2 Å². The Kier molecular flexibility index (Phi) is 1.66. The topological polar surface area (TPSA) is 86.2 Å². The first-order valence-corrected chi connectivity index (χ1v) is 3.69. The second-order valence-electron chi connectivity index (χ2n) is 2.56. The minimum absolute atomic E-state index is 0.0885. The lowest BCUT2D eigenvalue weighted by Crippen LogP contribution is -2.15. The maximum absolute atomic E-state index is 10.6. The first-order chi connectivity index (χ1) is 6.27. The zero-order chi connectivity index (χ0) is 9.26. The summed E-state index contributed by atoms with van der Waals surface area (Å²) in [5.74, 6) is 0.107. The average molecular weight is 177 g/mol. The molecule has 1 amide bonds. The molecule has 2 aromatic heterocycles. The minimum atomic E-state index is -0.425. The highest BCUT2D eigenvalue weighted by Crippen LogP contribution is 2.00. The van der Waals surface area contributed by atoms with Gasteiger partial charge in [-0.2, -0.15) is 0 Å². The molecule has 0 spiro atoms. The number of hydrogen-bond donors (Lipinski definition) is 1. The van der Waals surface area contributed by atoms with Gasteiger partial charge in [-0.1, -0.05) is 0 Å². The number of amides is 1. The van der Waals surface area contributed by atoms with Crippen molar-refractivity contribution in [2.24, 2.45) is 5.73 Å². The Bertz CT molecular complexity index is 449. The summed E-state index contributed by atoms with van der Waals surface area (Å²) in [4.78, 5) is 14.5. The number of carbonyl (C=O) groups excluding carboxylic acids is 1. The lowest BCUT2D eigenvalue weighted by Gasteiger charge is -1.94. The molecule has 0 saturated heterocycles. The Labute approximate surface area is 73.4 Å². The minimum Gasteiger partial charge on any atom is -0.369 e. The largest absolute Gasteiger partial charge is 0.369 e. The molecule has 0 bridgehead atoms. The third-order valence-corrected chi connectivity index (χ3v) is 1.62. The molecule has 2 aromatic rings. The van der Waals surface area contributed by atoms with Crippen LogP contribution >= 0.6 is 0 Å². The number of hydrogen-bond acceptors (Lipinski definition) is 4. The second kappa shape index (κ2) is 2.81. The summed E-state index contributed by atoms with van der Waals surface area (Å²) in [6.45, 7) is 0. The molecule has 66 valence electrons. The molecular weight excluding hydrogens is 170 g/mol. The van der Waals surface area contributed by atoms with Gasteiger partial charge in [0.05, 0.1) is 12.6 Å². The van der Waals surface area contributed by atoms with Gasteiger partial charge in [0, 0.05) is 12.4 Å². The Balaban J connectivity index is 2.51. The van der Waals surface area contributed by atoms with Crippen molar-refractivity contribution in [2.45, 2.75) is 6.42 Å². The normalized spacial score (nSPS) is 10.5. The van der Waals surface area contributed by atoms with Gasteiger partial charge in [-0.15, -0.1) is 10.2 Å². The van der Waals surface area contributed by atoms with Crippen LogP contribution in [0.4, 0.5) is 0 Å². The van der Waals surface area contributed by atoms with E-state index in [1.54, 1.807) is 23.0 Å². The summed E-state index contributed by atoms with van der Waals surface area (Å²) in [5, 5.41) is 7.62. The van der Waals surface area contributed by atoms with E-state index in [-0.39, 0.29) is 6.42 Å². The van der Waals surface area contributed by atoms with E-state index in [4.69, 9.17) is 5.73 Å². The molecule has 0 saturated carbocycles. The van der Waals surface area contributed by atoms with Crippen LogP contribution in [0.5, 0.6) is 0 Å². The number of fused-ring (bicyclic) bond motifs is 1. The van der Waals surface area contributed by atoms with Crippen molar-refractivity contribution in [1.82, 2.24) is 19.6 Å². The summed E-state index contributed by atoms with van der Waals surface area (Å²) in [6.07, 6.45) is 4.94. The summed E-state index contributed by atoms with van der Waals surface area (Å²) in [7, 11) is 0. The van der Waals surface area contributed by atoms with Crippen molar-refractivity contribution in [1.29, 1.82) is 0 Å². The van der Waals surface area contributed by atoms with Crippen LogP contribution in [0.2, 0.25) is 0 Å².